The first-order chi connectivity index (χ1) is 10.2. The normalized spacial score (nSPS) is 12.5. The summed E-state index contributed by atoms with van der Waals surface area (Å²) >= 11 is 3.71. The molecule has 0 radical (unpaired) electrons. The zero-order valence-corrected chi connectivity index (χ0v) is 13.7. The Bertz CT molecular complexity index is 783. The van der Waals surface area contributed by atoms with Crippen LogP contribution in [0.1, 0.15) is 22.7 Å². The van der Waals surface area contributed by atoms with Crippen molar-refractivity contribution in [1.29, 1.82) is 0 Å². The minimum Gasteiger partial charge on any atom is -0.309 e. The molecule has 0 saturated heterocycles. The summed E-state index contributed by atoms with van der Waals surface area (Å²) in [6.07, 6.45) is 1.96. The number of fused-ring (bicyclic) bond motifs is 1. The molecule has 0 aliphatic heterocycles. The zero-order valence-electron chi connectivity index (χ0n) is 12.1. The molecule has 0 saturated carbocycles. The number of aromatic nitrogens is 1. The number of aryl methyl sites for hydroxylation is 1. The highest BCUT2D eigenvalue weighted by molar-refractivity contribution is 9.10. The van der Waals surface area contributed by atoms with Crippen LogP contribution in [0.15, 0.2) is 59.2 Å². The van der Waals surface area contributed by atoms with Gasteiger partial charge in [0.2, 0.25) is 0 Å². The van der Waals surface area contributed by atoms with E-state index >= 15 is 0 Å². The highest BCUT2D eigenvalue weighted by atomic mass is 79.9. The molecular formula is C18H17BrN2. The van der Waals surface area contributed by atoms with Crippen LogP contribution in [0.3, 0.4) is 0 Å². The quantitative estimate of drug-likeness (QED) is 0.752. The van der Waals surface area contributed by atoms with Crippen LogP contribution in [0.25, 0.3) is 10.9 Å². The predicted molar refractivity (Wildman–Crippen MR) is 91.5 cm³/mol. The van der Waals surface area contributed by atoms with Crippen molar-refractivity contribution in [2.24, 2.45) is 0 Å². The van der Waals surface area contributed by atoms with Gasteiger partial charge in [-0.3, -0.25) is 4.98 Å². The summed E-state index contributed by atoms with van der Waals surface area (Å²) in [6.45, 7) is 2.11. The van der Waals surface area contributed by atoms with Gasteiger partial charge in [-0.1, -0.05) is 52.3 Å². The van der Waals surface area contributed by atoms with Gasteiger partial charge >= 0.3 is 0 Å². The van der Waals surface area contributed by atoms with Crippen LogP contribution >= 0.6 is 15.9 Å². The number of nitrogens with one attached hydrogen (secondary N) is 1. The highest BCUT2D eigenvalue weighted by Gasteiger charge is 2.16. The SMILES string of the molecule is CNC(c1cnc2ccccc2c1)c1cccc(C)c1Br. The van der Waals surface area contributed by atoms with Crippen LogP contribution in [0, 0.1) is 6.92 Å². The Labute approximate surface area is 133 Å². The topological polar surface area (TPSA) is 24.9 Å². The lowest BCUT2D eigenvalue weighted by Gasteiger charge is -2.19. The highest BCUT2D eigenvalue weighted by Crippen LogP contribution is 2.31. The second-order valence-electron chi connectivity index (χ2n) is 5.16. The maximum Gasteiger partial charge on any atom is 0.0702 e. The third kappa shape index (κ3) is 2.71. The van der Waals surface area contributed by atoms with Crippen LogP contribution < -0.4 is 5.32 Å². The molecule has 1 atom stereocenters. The van der Waals surface area contributed by atoms with Crippen molar-refractivity contribution in [3.63, 3.8) is 0 Å². The number of benzene rings is 2. The molecule has 0 bridgehead atoms. The molecule has 1 N–H and O–H groups in total. The van der Waals surface area contributed by atoms with Crippen LogP contribution in [-0.2, 0) is 0 Å². The van der Waals surface area contributed by atoms with Gasteiger partial charge in [-0.2, -0.15) is 0 Å². The first-order valence-corrected chi connectivity index (χ1v) is 7.77. The number of para-hydroxylation sites is 1. The molecule has 3 heteroatoms. The first-order valence-electron chi connectivity index (χ1n) is 6.97. The Morgan fingerprint density at radius 3 is 2.71 bits per heavy atom. The fourth-order valence-electron chi connectivity index (χ4n) is 2.64. The number of hydrogen-bond acceptors (Lipinski definition) is 2. The molecule has 0 amide bonds. The summed E-state index contributed by atoms with van der Waals surface area (Å²) in [7, 11) is 1.98. The third-order valence-electron chi connectivity index (χ3n) is 3.77. The summed E-state index contributed by atoms with van der Waals surface area (Å²) in [5, 5.41) is 4.56. The van der Waals surface area contributed by atoms with Crippen molar-refractivity contribution in [1.82, 2.24) is 10.3 Å². The van der Waals surface area contributed by atoms with Gasteiger partial charge in [0.05, 0.1) is 11.6 Å². The van der Waals surface area contributed by atoms with Gasteiger partial charge in [-0.05, 0) is 42.8 Å². The maximum absolute atomic E-state index is 4.57. The monoisotopic (exact) mass is 340 g/mol. The van der Waals surface area contributed by atoms with E-state index in [0.717, 1.165) is 9.99 Å². The third-order valence-corrected chi connectivity index (χ3v) is 4.85. The molecule has 106 valence electrons. The Morgan fingerprint density at radius 2 is 1.90 bits per heavy atom. The summed E-state index contributed by atoms with van der Waals surface area (Å²) in [4.78, 5) is 4.57. The molecule has 1 aromatic heterocycles. The molecule has 2 aromatic carbocycles. The molecule has 1 heterocycles. The molecule has 1 unspecified atom stereocenters. The van der Waals surface area contributed by atoms with E-state index in [-0.39, 0.29) is 6.04 Å². The second kappa shape index (κ2) is 5.96. The van der Waals surface area contributed by atoms with E-state index in [1.54, 1.807) is 0 Å². The standard InChI is InChI=1S/C18H17BrN2/c1-12-6-5-8-15(17(12)19)18(20-2)14-10-13-7-3-4-9-16(13)21-11-14/h3-11,18,20H,1-2H3. The Balaban J connectivity index is 2.11. The lowest BCUT2D eigenvalue weighted by atomic mass is 9.97. The molecule has 3 rings (SSSR count). The lowest BCUT2D eigenvalue weighted by Crippen LogP contribution is -2.18. The van der Waals surface area contributed by atoms with Crippen LogP contribution in [-0.4, -0.2) is 12.0 Å². The van der Waals surface area contributed by atoms with Crippen LogP contribution in [0.5, 0.6) is 0 Å². The number of pyridine rings is 1. The Hall–Kier alpha value is -1.71. The number of rotatable bonds is 3. The van der Waals surface area contributed by atoms with Crippen molar-refractivity contribution in [2.75, 3.05) is 7.05 Å². The molecule has 2 nitrogen and oxygen atoms in total. The molecule has 0 aliphatic rings. The van der Waals surface area contributed by atoms with Gasteiger partial charge in [-0.25, -0.2) is 0 Å². The van der Waals surface area contributed by atoms with Gasteiger partial charge in [0, 0.05) is 16.1 Å². The van der Waals surface area contributed by atoms with Crippen LogP contribution in [0.4, 0.5) is 0 Å². The average Bonchev–Trinajstić information content (AvgIpc) is 2.52. The first kappa shape index (κ1) is 14.2. The minimum absolute atomic E-state index is 0.122. The molecular weight excluding hydrogens is 324 g/mol. The van der Waals surface area contributed by atoms with Crippen molar-refractivity contribution in [3.8, 4) is 0 Å². The summed E-state index contributed by atoms with van der Waals surface area (Å²) in [6, 6.07) is 16.9. The number of nitrogens with zero attached hydrogens (tertiary/aromatic N) is 1. The van der Waals surface area contributed by atoms with Crippen molar-refractivity contribution >= 4 is 26.8 Å². The summed E-state index contributed by atoms with van der Waals surface area (Å²) < 4.78 is 1.15. The van der Waals surface area contributed by atoms with E-state index in [2.05, 4.69) is 63.5 Å². The van der Waals surface area contributed by atoms with Crippen molar-refractivity contribution in [2.45, 2.75) is 13.0 Å². The fraction of sp³-hybridized carbons (Fsp3) is 0.167. The molecule has 3 aromatic rings. The zero-order chi connectivity index (χ0) is 14.8. The predicted octanol–water partition coefficient (Wildman–Crippen LogP) is 4.61. The van der Waals surface area contributed by atoms with E-state index in [4.69, 9.17) is 0 Å². The minimum atomic E-state index is 0.122. The largest absolute Gasteiger partial charge is 0.309 e. The molecule has 0 aliphatic carbocycles. The van der Waals surface area contributed by atoms with Gasteiger partial charge in [-0.15, -0.1) is 0 Å². The maximum atomic E-state index is 4.57. The molecule has 0 spiro atoms. The van der Waals surface area contributed by atoms with Gasteiger partial charge in [0.25, 0.3) is 0 Å². The lowest BCUT2D eigenvalue weighted by molar-refractivity contribution is 0.686. The van der Waals surface area contributed by atoms with E-state index in [1.165, 1.54) is 22.1 Å². The average molecular weight is 341 g/mol. The van der Waals surface area contributed by atoms with E-state index in [9.17, 15) is 0 Å². The van der Waals surface area contributed by atoms with Crippen molar-refractivity contribution in [3.05, 3.63) is 75.9 Å². The molecule has 21 heavy (non-hydrogen) atoms. The van der Waals surface area contributed by atoms with Crippen molar-refractivity contribution < 1.29 is 0 Å². The van der Waals surface area contributed by atoms with Gasteiger partial charge in [0.15, 0.2) is 0 Å². The van der Waals surface area contributed by atoms with E-state index in [0.29, 0.717) is 0 Å². The molecule has 0 fully saturated rings. The Morgan fingerprint density at radius 1 is 1.10 bits per heavy atom. The second-order valence-corrected chi connectivity index (χ2v) is 5.95. The van der Waals surface area contributed by atoms with Crippen LogP contribution in [0.2, 0.25) is 0 Å². The summed E-state index contributed by atoms with van der Waals surface area (Å²) in [5.74, 6) is 0. The fourth-order valence-corrected chi connectivity index (χ4v) is 3.13. The van der Waals surface area contributed by atoms with Gasteiger partial charge < -0.3 is 5.32 Å². The number of hydrogen-bond donors (Lipinski definition) is 1. The smallest absolute Gasteiger partial charge is 0.0702 e. The summed E-state index contributed by atoms with van der Waals surface area (Å²) in [5.41, 5.74) is 4.66. The Kier molecular flexibility index (Phi) is 4.04. The van der Waals surface area contributed by atoms with E-state index in [1.807, 2.05) is 31.4 Å². The van der Waals surface area contributed by atoms with Gasteiger partial charge in [0.1, 0.15) is 0 Å². The number of halogens is 1. The van der Waals surface area contributed by atoms with E-state index < -0.39 is 0 Å².